The molecule has 1 heterocycles. The summed E-state index contributed by atoms with van der Waals surface area (Å²) in [6.07, 6.45) is 1.71. The Morgan fingerprint density at radius 2 is 2.16 bits per heavy atom. The van der Waals surface area contributed by atoms with Gasteiger partial charge in [-0.2, -0.15) is 0 Å². The maximum Gasteiger partial charge on any atom is 0.213 e. The van der Waals surface area contributed by atoms with Crippen LogP contribution < -0.4 is 10.1 Å². The highest BCUT2D eigenvalue weighted by molar-refractivity contribution is 9.10. The lowest BCUT2D eigenvalue weighted by atomic mass is 10.2. The largest absolute Gasteiger partial charge is 0.478 e. The maximum absolute atomic E-state index is 13.1. The number of pyridine rings is 1. The minimum absolute atomic E-state index is 0.258. The number of anilines is 1. The fourth-order valence-corrected chi connectivity index (χ4v) is 2.00. The fourth-order valence-electron chi connectivity index (χ4n) is 1.57. The Kier molecular flexibility index (Phi) is 4.74. The van der Waals surface area contributed by atoms with E-state index in [1.165, 1.54) is 6.07 Å². The van der Waals surface area contributed by atoms with Crippen LogP contribution in [0.2, 0.25) is 0 Å². The van der Waals surface area contributed by atoms with Gasteiger partial charge in [-0.25, -0.2) is 9.37 Å². The van der Waals surface area contributed by atoms with E-state index < -0.39 is 0 Å². The number of nitrogens with one attached hydrogen (secondary N) is 1. The predicted molar refractivity (Wildman–Crippen MR) is 76.8 cm³/mol. The van der Waals surface area contributed by atoms with E-state index in [1.54, 1.807) is 18.3 Å². The molecule has 0 radical (unpaired) electrons. The molecule has 1 N–H and O–H groups in total. The third kappa shape index (κ3) is 3.92. The molecule has 1 aromatic carbocycles. The lowest BCUT2D eigenvalue weighted by Crippen LogP contribution is -2.01. The number of rotatable bonds is 5. The Balaban J connectivity index is 1.96. The average Bonchev–Trinajstić information content (AvgIpc) is 2.42. The monoisotopic (exact) mass is 324 g/mol. The molecule has 2 rings (SSSR count). The van der Waals surface area contributed by atoms with Crippen LogP contribution in [0.1, 0.15) is 12.5 Å². The zero-order valence-electron chi connectivity index (χ0n) is 10.5. The molecular formula is C14H14BrFN2O. The number of hydrogen-bond donors (Lipinski definition) is 1. The first-order chi connectivity index (χ1) is 9.19. The van der Waals surface area contributed by atoms with Gasteiger partial charge in [0.2, 0.25) is 5.88 Å². The van der Waals surface area contributed by atoms with Gasteiger partial charge < -0.3 is 10.1 Å². The number of aromatic nitrogens is 1. The Bertz CT molecular complexity index is 546. The smallest absolute Gasteiger partial charge is 0.213 e. The SMILES string of the molecule is CCOc1ccc(NCc2ccc(F)c(Br)c2)cn1. The van der Waals surface area contributed by atoms with Gasteiger partial charge in [0.25, 0.3) is 0 Å². The van der Waals surface area contributed by atoms with Crippen LogP contribution in [0.4, 0.5) is 10.1 Å². The van der Waals surface area contributed by atoms with Gasteiger partial charge >= 0.3 is 0 Å². The molecule has 0 fully saturated rings. The molecule has 0 aliphatic heterocycles. The van der Waals surface area contributed by atoms with Gasteiger partial charge in [-0.05, 0) is 46.6 Å². The van der Waals surface area contributed by atoms with Crippen LogP contribution in [0.15, 0.2) is 41.0 Å². The van der Waals surface area contributed by atoms with E-state index in [0.717, 1.165) is 11.3 Å². The summed E-state index contributed by atoms with van der Waals surface area (Å²) >= 11 is 3.17. The Morgan fingerprint density at radius 1 is 1.32 bits per heavy atom. The molecule has 0 atom stereocenters. The molecule has 1 aromatic heterocycles. The maximum atomic E-state index is 13.1. The molecule has 0 saturated heterocycles. The second kappa shape index (κ2) is 6.52. The molecule has 2 aromatic rings. The van der Waals surface area contributed by atoms with Crippen molar-refractivity contribution in [3.05, 3.63) is 52.4 Å². The van der Waals surface area contributed by atoms with Crippen LogP contribution in [-0.4, -0.2) is 11.6 Å². The van der Waals surface area contributed by atoms with Gasteiger partial charge in [0.05, 0.1) is 23.0 Å². The van der Waals surface area contributed by atoms with Crippen molar-refractivity contribution in [3.63, 3.8) is 0 Å². The normalized spacial score (nSPS) is 10.3. The molecule has 0 saturated carbocycles. The van der Waals surface area contributed by atoms with E-state index in [-0.39, 0.29) is 5.82 Å². The molecule has 0 aliphatic rings. The molecule has 19 heavy (non-hydrogen) atoms. The lowest BCUT2D eigenvalue weighted by Gasteiger charge is -2.08. The number of halogens is 2. The first kappa shape index (κ1) is 13.8. The summed E-state index contributed by atoms with van der Waals surface area (Å²) in [7, 11) is 0. The van der Waals surface area contributed by atoms with Gasteiger partial charge in [-0.15, -0.1) is 0 Å². The Labute approximate surface area is 119 Å². The lowest BCUT2D eigenvalue weighted by molar-refractivity contribution is 0.327. The van der Waals surface area contributed by atoms with Crippen LogP contribution in [0, 0.1) is 5.82 Å². The summed E-state index contributed by atoms with van der Waals surface area (Å²) in [5.41, 5.74) is 1.88. The first-order valence-electron chi connectivity index (χ1n) is 5.95. The van der Waals surface area contributed by atoms with Crippen molar-refractivity contribution < 1.29 is 9.13 Å². The summed E-state index contributed by atoms with van der Waals surface area (Å²) in [6, 6.07) is 8.65. The van der Waals surface area contributed by atoms with Crippen molar-refractivity contribution in [2.24, 2.45) is 0 Å². The Morgan fingerprint density at radius 3 is 2.79 bits per heavy atom. The van der Waals surface area contributed by atoms with Crippen molar-refractivity contribution in [1.82, 2.24) is 4.98 Å². The van der Waals surface area contributed by atoms with Crippen molar-refractivity contribution >= 4 is 21.6 Å². The van der Waals surface area contributed by atoms with E-state index in [0.29, 0.717) is 23.5 Å². The van der Waals surface area contributed by atoms with Gasteiger partial charge in [-0.1, -0.05) is 6.07 Å². The third-order valence-corrected chi connectivity index (χ3v) is 3.12. The second-order valence-corrected chi connectivity index (χ2v) is 4.77. The highest BCUT2D eigenvalue weighted by Gasteiger charge is 2.01. The fraction of sp³-hybridized carbons (Fsp3) is 0.214. The van der Waals surface area contributed by atoms with E-state index in [4.69, 9.17) is 4.74 Å². The first-order valence-corrected chi connectivity index (χ1v) is 6.75. The highest BCUT2D eigenvalue weighted by atomic mass is 79.9. The van der Waals surface area contributed by atoms with Crippen molar-refractivity contribution in [2.75, 3.05) is 11.9 Å². The summed E-state index contributed by atoms with van der Waals surface area (Å²) in [5.74, 6) is 0.351. The minimum Gasteiger partial charge on any atom is -0.478 e. The molecule has 5 heteroatoms. The van der Waals surface area contributed by atoms with Crippen LogP contribution in [0.3, 0.4) is 0 Å². The van der Waals surface area contributed by atoms with Crippen LogP contribution >= 0.6 is 15.9 Å². The molecule has 0 amide bonds. The second-order valence-electron chi connectivity index (χ2n) is 3.92. The van der Waals surface area contributed by atoms with Crippen LogP contribution in [0.25, 0.3) is 0 Å². The summed E-state index contributed by atoms with van der Waals surface area (Å²) < 4.78 is 18.8. The minimum atomic E-state index is -0.258. The van der Waals surface area contributed by atoms with Gasteiger partial charge in [0.15, 0.2) is 0 Å². The van der Waals surface area contributed by atoms with Gasteiger partial charge in [0, 0.05) is 12.6 Å². The summed E-state index contributed by atoms with van der Waals surface area (Å²) in [6.45, 7) is 3.12. The van der Waals surface area contributed by atoms with Gasteiger partial charge in [0.1, 0.15) is 5.82 Å². The van der Waals surface area contributed by atoms with Crippen molar-refractivity contribution in [1.29, 1.82) is 0 Å². The summed E-state index contributed by atoms with van der Waals surface area (Å²) in [5, 5.41) is 3.22. The number of benzene rings is 1. The standard InChI is InChI=1S/C14H14BrFN2O/c1-2-19-14-6-4-11(9-18-14)17-8-10-3-5-13(16)12(15)7-10/h3-7,9,17H,2,8H2,1H3. The number of ether oxygens (including phenoxy) is 1. The zero-order valence-corrected chi connectivity index (χ0v) is 12.1. The van der Waals surface area contributed by atoms with E-state index in [9.17, 15) is 4.39 Å². The van der Waals surface area contributed by atoms with E-state index in [1.807, 2.05) is 19.1 Å². The van der Waals surface area contributed by atoms with Crippen LogP contribution in [0.5, 0.6) is 5.88 Å². The molecule has 0 spiro atoms. The van der Waals surface area contributed by atoms with Gasteiger partial charge in [-0.3, -0.25) is 0 Å². The number of nitrogens with zero attached hydrogens (tertiary/aromatic N) is 1. The molecule has 3 nitrogen and oxygen atoms in total. The number of hydrogen-bond acceptors (Lipinski definition) is 3. The van der Waals surface area contributed by atoms with Crippen LogP contribution in [-0.2, 0) is 6.54 Å². The predicted octanol–water partition coefficient (Wildman–Crippen LogP) is 3.99. The van der Waals surface area contributed by atoms with Crippen molar-refractivity contribution in [3.8, 4) is 5.88 Å². The molecule has 0 bridgehead atoms. The molecule has 100 valence electrons. The topological polar surface area (TPSA) is 34.1 Å². The highest BCUT2D eigenvalue weighted by Crippen LogP contribution is 2.18. The summed E-state index contributed by atoms with van der Waals surface area (Å²) in [4.78, 5) is 4.16. The van der Waals surface area contributed by atoms with E-state index in [2.05, 4.69) is 26.2 Å². The zero-order chi connectivity index (χ0) is 13.7. The quantitative estimate of drug-likeness (QED) is 0.902. The molecular weight excluding hydrogens is 311 g/mol. The average molecular weight is 325 g/mol. The molecule has 0 aliphatic carbocycles. The molecule has 0 unspecified atom stereocenters. The van der Waals surface area contributed by atoms with Crippen molar-refractivity contribution in [2.45, 2.75) is 13.5 Å². The van der Waals surface area contributed by atoms with E-state index >= 15 is 0 Å². The Hall–Kier alpha value is -1.62. The third-order valence-electron chi connectivity index (χ3n) is 2.51.